The maximum Gasteiger partial charge on any atom is 0.295 e. The van der Waals surface area contributed by atoms with Crippen molar-refractivity contribution in [3.63, 3.8) is 0 Å². The van der Waals surface area contributed by atoms with Crippen LogP contribution in [0.4, 0.5) is 0 Å². The molecule has 1 aromatic carbocycles. The van der Waals surface area contributed by atoms with Crippen LogP contribution >= 0.6 is 0 Å². The number of rotatable bonds is 6. The summed E-state index contributed by atoms with van der Waals surface area (Å²) in [6, 6.07) is 8.88. The summed E-state index contributed by atoms with van der Waals surface area (Å²) >= 11 is 0. The van der Waals surface area contributed by atoms with E-state index in [-0.39, 0.29) is 11.3 Å². The van der Waals surface area contributed by atoms with Gasteiger partial charge >= 0.3 is 0 Å². The Labute approximate surface area is 183 Å². The zero-order valence-corrected chi connectivity index (χ0v) is 18.2. The van der Waals surface area contributed by atoms with Gasteiger partial charge in [-0.1, -0.05) is 18.2 Å². The Morgan fingerprint density at radius 3 is 2.65 bits per heavy atom. The lowest BCUT2D eigenvalue weighted by Gasteiger charge is -2.25. The smallest absolute Gasteiger partial charge is 0.295 e. The molecule has 6 nitrogen and oxygen atoms in total. The molecule has 1 N–H and O–H groups in total. The number of fused-ring (bicyclic) bond motifs is 1. The lowest BCUT2D eigenvalue weighted by atomic mass is 9.89. The molecule has 6 heteroatoms. The number of nitrogens with zero attached hydrogens (tertiary/aromatic N) is 3. The van der Waals surface area contributed by atoms with Gasteiger partial charge in [-0.3, -0.25) is 14.6 Å². The fourth-order valence-corrected chi connectivity index (χ4v) is 4.59. The monoisotopic (exact) mass is 419 g/mol. The van der Waals surface area contributed by atoms with Gasteiger partial charge in [0.1, 0.15) is 5.76 Å². The first-order valence-electron chi connectivity index (χ1n) is 10.9. The standard InChI is InChI=1S/C25H29N3O3/c1-27(2)13-6-14-28-22(20-9-5-12-26-16-20)21(24(30)25(28)31)23(29)19-11-10-17-7-3-4-8-18(17)15-19/h5,9-12,15-16,22,29H,3-4,6-8,13-14H2,1-2H3/b23-21-. The number of amides is 1. The molecule has 1 amide bonds. The van der Waals surface area contributed by atoms with E-state index in [1.54, 1.807) is 23.4 Å². The molecule has 162 valence electrons. The molecule has 1 unspecified atom stereocenters. The molecule has 1 saturated heterocycles. The number of aliphatic hydroxyl groups excluding tert-OH is 1. The molecule has 31 heavy (non-hydrogen) atoms. The molecule has 2 aromatic rings. The highest BCUT2D eigenvalue weighted by atomic mass is 16.3. The molecule has 0 spiro atoms. The molecule has 1 aliphatic heterocycles. The lowest BCUT2D eigenvalue weighted by molar-refractivity contribution is -0.139. The summed E-state index contributed by atoms with van der Waals surface area (Å²) in [5.41, 5.74) is 4.00. The third-order valence-electron chi connectivity index (χ3n) is 6.17. The largest absolute Gasteiger partial charge is 0.507 e. The van der Waals surface area contributed by atoms with Gasteiger partial charge in [0.2, 0.25) is 0 Å². The van der Waals surface area contributed by atoms with Crippen LogP contribution in [0.15, 0.2) is 48.3 Å². The first-order valence-corrected chi connectivity index (χ1v) is 10.9. The SMILES string of the molecule is CN(C)CCCN1C(=O)C(=O)/C(=C(\O)c2ccc3c(c2)CCCC3)C1c1cccnc1. The van der Waals surface area contributed by atoms with E-state index in [0.717, 1.165) is 37.8 Å². The molecule has 2 heterocycles. The first kappa shape index (κ1) is 21.2. The van der Waals surface area contributed by atoms with Crippen LogP contribution in [0, 0.1) is 0 Å². The van der Waals surface area contributed by atoms with Crippen LogP contribution in [0.1, 0.15) is 47.6 Å². The van der Waals surface area contributed by atoms with Crippen LogP contribution in [0.25, 0.3) is 5.76 Å². The molecule has 2 aliphatic rings. The van der Waals surface area contributed by atoms with Gasteiger partial charge in [0.15, 0.2) is 0 Å². The molecular weight excluding hydrogens is 390 g/mol. The molecule has 0 bridgehead atoms. The molecule has 1 aromatic heterocycles. The number of Topliss-reactive ketones (excluding diaryl/α,β-unsaturated/α-hetero) is 1. The summed E-state index contributed by atoms with van der Waals surface area (Å²) < 4.78 is 0. The highest BCUT2D eigenvalue weighted by Gasteiger charge is 2.45. The van der Waals surface area contributed by atoms with Gasteiger partial charge in [-0.25, -0.2) is 0 Å². The second-order valence-corrected chi connectivity index (χ2v) is 8.63. The lowest BCUT2D eigenvalue weighted by Crippen LogP contribution is -2.32. The van der Waals surface area contributed by atoms with Gasteiger partial charge in [0.25, 0.3) is 11.7 Å². The second kappa shape index (κ2) is 9.02. The molecule has 1 aliphatic carbocycles. The Bertz CT molecular complexity index is 1010. The highest BCUT2D eigenvalue weighted by Crippen LogP contribution is 2.39. The molecule has 1 fully saturated rings. The number of ketones is 1. The first-order chi connectivity index (χ1) is 15.0. The van der Waals surface area contributed by atoms with E-state index < -0.39 is 17.7 Å². The normalized spacial score (nSPS) is 20.4. The highest BCUT2D eigenvalue weighted by molar-refractivity contribution is 6.46. The summed E-state index contributed by atoms with van der Waals surface area (Å²) in [4.78, 5) is 33.8. The van der Waals surface area contributed by atoms with E-state index in [4.69, 9.17) is 0 Å². The van der Waals surface area contributed by atoms with E-state index in [0.29, 0.717) is 12.1 Å². The number of carbonyl (C=O) groups excluding carboxylic acids is 2. The van der Waals surface area contributed by atoms with Gasteiger partial charge in [0.05, 0.1) is 11.6 Å². The van der Waals surface area contributed by atoms with Crippen molar-refractivity contribution in [3.05, 3.63) is 70.6 Å². The third-order valence-corrected chi connectivity index (χ3v) is 6.17. The van der Waals surface area contributed by atoms with Crippen LogP contribution in [0.2, 0.25) is 0 Å². The number of aliphatic hydroxyl groups is 1. The average molecular weight is 420 g/mol. The van der Waals surface area contributed by atoms with Gasteiger partial charge < -0.3 is 14.9 Å². The van der Waals surface area contributed by atoms with E-state index in [2.05, 4.69) is 4.98 Å². The summed E-state index contributed by atoms with van der Waals surface area (Å²) in [5, 5.41) is 11.2. The van der Waals surface area contributed by atoms with Crippen LogP contribution in [-0.4, -0.2) is 58.8 Å². The summed E-state index contributed by atoms with van der Waals surface area (Å²) in [6.45, 7) is 1.23. The number of hydrogen-bond donors (Lipinski definition) is 1. The Morgan fingerprint density at radius 1 is 1.16 bits per heavy atom. The number of aromatic nitrogens is 1. The van der Waals surface area contributed by atoms with Gasteiger partial charge in [-0.05, 0) is 81.6 Å². The molecule has 4 rings (SSSR count). The minimum atomic E-state index is -0.633. The van der Waals surface area contributed by atoms with E-state index >= 15 is 0 Å². The Morgan fingerprint density at radius 2 is 1.94 bits per heavy atom. The minimum Gasteiger partial charge on any atom is -0.507 e. The van der Waals surface area contributed by atoms with Gasteiger partial charge in [-0.15, -0.1) is 0 Å². The Balaban J connectivity index is 1.76. The van der Waals surface area contributed by atoms with Crippen molar-refractivity contribution in [3.8, 4) is 0 Å². The summed E-state index contributed by atoms with van der Waals surface area (Å²) in [7, 11) is 3.95. The minimum absolute atomic E-state index is 0.101. The number of aryl methyl sites for hydroxylation is 2. The van der Waals surface area contributed by atoms with Crippen molar-refractivity contribution in [1.29, 1.82) is 0 Å². The van der Waals surface area contributed by atoms with Crippen molar-refractivity contribution < 1.29 is 14.7 Å². The molecule has 0 radical (unpaired) electrons. The van der Waals surface area contributed by atoms with E-state index in [1.165, 1.54) is 17.5 Å². The maximum absolute atomic E-state index is 13.1. The zero-order chi connectivity index (χ0) is 22.0. The fraction of sp³-hybridized carbons (Fsp3) is 0.400. The van der Waals surface area contributed by atoms with Gasteiger partial charge in [0, 0.05) is 24.5 Å². The van der Waals surface area contributed by atoms with Crippen LogP contribution in [0.5, 0.6) is 0 Å². The van der Waals surface area contributed by atoms with Crippen LogP contribution in [0.3, 0.4) is 0 Å². The number of pyridine rings is 1. The molecule has 0 saturated carbocycles. The van der Waals surface area contributed by atoms with Crippen molar-refractivity contribution in [2.24, 2.45) is 0 Å². The maximum atomic E-state index is 13.1. The molecular formula is C25H29N3O3. The number of carbonyl (C=O) groups is 2. The molecule has 1 atom stereocenters. The quantitative estimate of drug-likeness (QED) is 0.442. The van der Waals surface area contributed by atoms with Crippen molar-refractivity contribution in [2.45, 2.75) is 38.1 Å². The average Bonchev–Trinajstić information content (AvgIpc) is 3.03. The third kappa shape index (κ3) is 4.26. The Kier molecular flexibility index (Phi) is 6.18. The second-order valence-electron chi connectivity index (χ2n) is 8.63. The zero-order valence-electron chi connectivity index (χ0n) is 18.2. The Hall–Kier alpha value is -2.99. The van der Waals surface area contributed by atoms with Crippen molar-refractivity contribution in [2.75, 3.05) is 27.2 Å². The summed E-state index contributed by atoms with van der Waals surface area (Å²) in [5.74, 6) is -1.29. The van der Waals surface area contributed by atoms with E-state index in [9.17, 15) is 14.7 Å². The predicted molar refractivity (Wildman–Crippen MR) is 120 cm³/mol. The summed E-state index contributed by atoms with van der Waals surface area (Å²) in [6.07, 6.45) is 8.38. The topological polar surface area (TPSA) is 73.7 Å². The van der Waals surface area contributed by atoms with Gasteiger partial charge in [-0.2, -0.15) is 0 Å². The fourth-order valence-electron chi connectivity index (χ4n) is 4.59. The number of benzene rings is 1. The number of hydrogen-bond acceptors (Lipinski definition) is 5. The predicted octanol–water partition coefficient (Wildman–Crippen LogP) is 3.33. The van der Waals surface area contributed by atoms with Crippen molar-refractivity contribution in [1.82, 2.24) is 14.8 Å². The van der Waals surface area contributed by atoms with E-state index in [1.807, 2.05) is 43.3 Å². The van der Waals surface area contributed by atoms with Crippen LogP contribution < -0.4 is 0 Å². The van der Waals surface area contributed by atoms with Crippen molar-refractivity contribution >= 4 is 17.4 Å². The van der Waals surface area contributed by atoms with Crippen LogP contribution in [-0.2, 0) is 22.4 Å². The number of likely N-dealkylation sites (tertiary alicyclic amines) is 1.